The highest BCUT2D eigenvalue weighted by atomic mass is 35.5. The van der Waals surface area contributed by atoms with E-state index in [0.717, 1.165) is 19.3 Å². The third-order valence-electron chi connectivity index (χ3n) is 4.85. The number of hydrogen-bond donors (Lipinski definition) is 1. The number of methoxy groups -OCH3 is 1. The lowest BCUT2D eigenvalue weighted by molar-refractivity contribution is -0.0383. The Bertz CT molecular complexity index is 580. The summed E-state index contributed by atoms with van der Waals surface area (Å²) in [7, 11) is 1.53. The standard InChI is InChI=1S/C17H22ClNO4/c1-22-16-9-11(5-6-13(16)18)17(21)19-7-8-23-10-14(19)12-3-2-4-15(12)20/h5-6,9,12,14-15,20H,2-4,7-8,10H2,1H3/t12-,14-,15+/m1/s1. The minimum absolute atomic E-state index is 0.0626. The van der Waals surface area contributed by atoms with Crippen LogP contribution in [0.3, 0.4) is 0 Å². The first-order valence-electron chi connectivity index (χ1n) is 8.02. The van der Waals surface area contributed by atoms with Crippen molar-refractivity contribution in [1.29, 1.82) is 0 Å². The van der Waals surface area contributed by atoms with Crippen LogP contribution in [0.2, 0.25) is 5.02 Å². The van der Waals surface area contributed by atoms with Crippen LogP contribution in [0.5, 0.6) is 5.75 Å². The molecule has 1 aliphatic carbocycles. The fourth-order valence-electron chi connectivity index (χ4n) is 3.61. The van der Waals surface area contributed by atoms with E-state index in [0.29, 0.717) is 36.1 Å². The molecule has 1 aromatic carbocycles. The van der Waals surface area contributed by atoms with Gasteiger partial charge >= 0.3 is 0 Å². The molecular formula is C17H22ClNO4. The highest BCUT2D eigenvalue weighted by Crippen LogP contribution is 2.33. The molecular weight excluding hydrogens is 318 g/mol. The van der Waals surface area contributed by atoms with E-state index >= 15 is 0 Å². The number of aliphatic hydroxyl groups is 1. The molecule has 1 heterocycles. The van der Waals surface area contributed by atoms with Crippen molar-refractivity contribution in [3.05, 3.63) is 28.8 Å². The van der Waals surface area contributed by atoms with Crippen LogP contribution < -0.4 is 4.74 Å². The van der Waals surface area contributed by atoms with E-state index in [-0.39, 0.29) is 24.0 Å². The van der Waals surface area contributed by atoms with E-state index < -0.39 is 0 Å². The first-order valence-corrected chi connectivity index (χ1v) is 8.40. The van der Waals surface area contributed by atoms with Crippen LogP contribution in [0.15, 0.2) is 18.2 Å². The van der Waals surface area contributed by atoms with Crippen molar-refractivity contribution in [3.8, 4) is 5.75 Å². The number of halogens is 1. The minimum Gasteiger partial charge on any atom is -0.495 e. The molecule has 0 radical (unpaired) electrons. The van der Waals surface area contributed by atoms with Crippen LogP contribution in [0, 0.1) is 5.92 Å². The Morgan fingerprint density at radius 2 is 2.26 bits per heavy atom. The van der Waals surface area contributed by atoms with Gasteiger partial charge in [-0.25, -0.2) is 0 Å². The van der Waals surface area contributed by atoms with Crippen molar-refractivity contribution in [2.24, 2.45) is 5.92 Å². The second-order valence-corrected chi connectivity index (χ2v) is 6.56. The molecule has 3 atom stereocenters. The van der Waals surface area contributed by atoms with Gasteiger partial charge in [-0.1, -0.05) is 18.0 Å². The molecule has 1 saturated heterocycles. The number of carbonyl (C=O) groups is 1. The van der Waals surface area contributed by atoms with Crippen LogP contribution in [0.4, 0.5) is 0 Å². The molecule has 1 aliphatic heterocycles. The van der Waals surface area contributed by atoms with Gasteiger partial charge in [-0.15, -0.1) is 0 Å². The smallest absolute Gasteiger partial charge is 0.254 e. The summed E-state index contributed by atoms with van der Waals surface area (Å²) < 4.78 is 10.8. The van der Waals surface area contributed by atoms with Gasteiger partial charge in [0.05, 0.1) is 37.5 Å². The van der Waals surface area contributed by atoms with E-state index in [1.807, 2.05) is 4.90 Å². The van der Waals surface area contributed by atoms with Gasteiger partial charge < -0.3 is 19.5 Å². The Hall–Kier alpha value is -1.30. The number of benzene rings is 1. The fraction of sp³-hybridized carbons (Fsp3) is 0.588. The van der Waals surface area contributed by atoms with Gasteiger partial charge in [0, 0.05) is 18.0 Å². The van der Waals surface area contributed by atoms with Crippen LogP contribution >= 0.6 is 11.6 Å². The second-order valence-electron chi connectivity index (χ2n) is 6.15. The van der Waals surface area contributed by atoms with Crippen LogP contribution in [-0.2, 0) is 4.74 Å². The molecule has 2 fully saturated rings. The molecule has 1 aromatic rings. The van der Waals surface area contributed by atoms with E-state index in [9.17, 15) is 9.90 Å². The Balaban J connectivity index is 1.83. The predicted molar refractivity (Wildman–Crippen MR) is 87.0 cm³/mol. The molecule has 0 spiro atoms. The zero-order chi connectivity index (χ0) is 16.4. The van der Waals surface area contributed by atoms with Crippen molar-refractivity contribution in [1.82, 2.24) is 4.90 Å². The molecule has 2 aliphatic rings. The lowest BCUT2D eigenvalue weighted by Gasteiger charge is -2.40. The van der Waals surface area contributed by atoms with Crippen molar-refractivity contribution in [2.45, 2.75) is 31.4 Å². The normalized spacial score (nSPS) is 28.0. The number of carbonyl (C=O) groups excluding carboxylic acids is 1. The maximum absolute atomic E-state index is 12.9. The van der Waals surface area contributed by atoms with Crippen molar-refractivity contribution in [3.63, 3.8) is 0 Å². The predicted octanol–water partition coefficient (Wildman–Crippen LogP) is 2.35. The van der Waals surface area contributed by atoms with Gasteiger partial charge in [0.25, 0.3) is 5.91 Å². The highest BCUT2D eigenvalue weighted by molar-refractivity contribution is 6.32. The summed E-state index contributed by atoms with van der Waals surface area (Å²) in [5, 5.41) is 10.7. The van der Waals surface area contributed by atoms with Crippen LogP contribution in [-0.4, -0.2) is 54.9 Å². The number of amides is 1. The van der Waals surface area contributed by atoms with E-state index in [1.165, 1.54) is 7.11 Å². The van der Waals surface area contributed by atoms with Gasteiger partial charge in [0.2, 0.25) is 0 Å². The quantitative estimate of drug-likeness (QED) is 0.918. The first-order chi connectivity index (χ1) is 11.1. The van der Waals surface area contributed by atoms with Crippen LogP contribution in [0.1, 0.15) is 29.6 Å². The molecule has 6 heteroatoms. The van der Waals surface area contributed by atoms with Crippen molar-refractivity contribution >= 4 is 17.5 Å². The zero-order valence-electron chi connectivity index (χ0n) is 13.2. The van der Waals surface area contributed by atoms with Gasteiger partial charge in [-0.05, 0) is 31.0 Å². The summed E-state index contributed by atoms with van der Waals surface area (Å²) in [6.07, 6.45) is 2.39. The third kappa shape index (κ3) is 3.32. The number of aliphatic hydroxyl groups excluding tert-OH is 1. The van der Waals surface area contributed by atoms with Crippen molar-refractivity contribution < 1.29 is 19.4 Å². The maximum Gasteiger partial charge on any atom is 0.254 e. The maximum atomic E-state index is 12.9. The fourth-order valence-corrected chi connectivity index (χ4v) is 3.80. The molecule has 3 rings (SSSR count). The monoisotopic (exact) mass is 339 g/mol. The Morgan fingerprint density at radius 1 is 1.43 bits per heavy atom. The average Bonchev–Trinajstić information content (AvgIpc) is 3.00. The molecule has 126 valence electrons. The number of ether oxygens (including phenoxy) is 2. The Kier molecular flexibility index (Phi) is 5.09. The van der Waals surface area contributed by atoms with Gasteiger partial charge in [-0.3, -0.25) is 4.79 Å². The summed E-state index contributed by atoms with van der Waals surface area (Å²) in [6.45, 7) is 1.55. The zero-order valence-corrected chi connectivity index (χ0v) is 14.0. The van der Waals surface area contributed by atoms with E-state index in [1.54, 1.807) is 18.2 Å². The first kappa shape index (κ1) is 16.6. The summed E-state index contributed by atoms with van der Waals surface area (Å²) in [6, 6.07) is 4.98. The minimum atomic E-state index is -0.350. The molecule has 0 aromatic heterocycles. The SMILES string of the molecule is COc1cc(C(=O)N2CCOC[C@@H]2[C@H]2CCC[C@@H]2O)ccc1Cl. The molecule has 0 bridgehead atoms. The molecule has 0 unspecified atom stereocenters. The topological polar surface area (TPSA) is 59.0 Å². The number of nitrogens with zero attached hydrogens (tertiary/aromatic N) is 1. The third-order valence-corrected chi connectivity index (χ3v) is 5.16. The second kappa shape index (κ2) is 7.07. The van der Waals surface area contributed by atoms with Gasteiger partial charge in [0.15, 0.2) is 0 Å². The number of morpholine rings is 1. The summed E-state index contributed by atoms with van der Waals surface area (Å²) in [5.41, 5.74) is 0.547. The Labute approximate surface area is 141 Å². The van der Waals surface area contributed by atoms with Crippen molar-refractivity contribution in [2.75, 3.05) is 26.9 Å². The molecule has 1 N–H and O–H groups in total. The number of rotatable bonds is 3. The largest absolute Gasteiger partial charge is 0.495 e. The number of hydrogen-bond acceptors (Lipinski definition) is 4. The lowest BCUT2D eigenvalue weighted by atomic mass is 9.93. The summed E-state index contributed by atoms with van der Waals surface area (Å²) in [5.74, 6) is 0.518. The van der Waals surface area contributed by atoms with Gasteiger partial charge in [-0.2, -0.15) is 0 Å². The van der Waals surface area contributed by atoms with E-state index in [2.05, 4.69) is 0 Å². The Morgan fingerprint density at radius 3 is 2.96 bits per heavy atom. The summed E-state index contributed by atoms with van der Waals surface area (Å²) >= 11 is 6.04. The molecule has 5 nitrogen and oxygen atoms in total. The molecule has 1 amide bonds. The van der Waals surface area contributed by atoms with Crippen LogP contribution in [0.25, 0.3) is 0 Å². The molecule has 1 saturated carbocycles. The highest BCUT2D eigenvalue weighted by Gasteiger charge is 2.39. The summed E-state index contributed by atoms with van der Waals surface area (Å²) in [4.78, 5) is 14.8. The average molecular weight is 340 g/mol. The lowest BCUT2D eigenvalue weighted by Crippen LogP contribution is -2.53. The van der Waals surface area contributed by atoms with E-state index in [4.69, 9.17) is 21.1 Å². The molecule has 23 heavy (non-hydrogen) atoms. The van der Waals surface area contributed by atoms with Gasteiger partial charge in [0.1, 0.15) is 5.75 Å².